The van der Waals surface area contributed by atoms with Gasteiger partial charge < -0.3 is 4.74 Å². The van der Waals surface area contributed by atoms with E-state index >= 15 is 0 Å². The van der Waals surface area contributed by atoms with Gasteiger partial charge in [0.1, 0.15) is 5.75 Å². The van der Waals surface area contributed by atoms with Crippen LogP contribution < -0.4 is 4.74 Å². The van der Waals surface area contributed by atoms with Gasteiger partial charge in [-0.2, -0.15) is 9.37 Å². The van der Waals surface area contributed by atoms with Crippen LogP contribution in [0.3, 0.4) is 0 Å². The van der Waals surface area contributed by atoms with Crippen molar-refractivity contribution in [2.45, 2.75) is 0 Å². The van der Waals surface area contributed by atoms with Crippen molar-refractivity contribution >= 4 is 23.2 Å². The molecule has 1 aromatic heterocycles. The van der Waals surface area contributed by atoms with E-state index < -0.39 is 5.82 Å². The second kappa shape index (κ2) is 4.63. The molecule has 0 aliphatic carbocycles. The minimum atomic E-state index is -0.681. The molecule has 0 saturated heterocycles. The van der Waals surface area contributed by atoms with E-state index in [4.69, 9.17) is 27.9 Å². The first-order valence-corrected chi connectivity index (χ1v) is 5.02. The molecule has 1 aromatic carbocycles. The molecule has 6 heteroatoms. The first-order chi connectivity index (χ1) is 7.65. The number of ether oxygens (including phenoxy) is 1. The summed E-state index contributed by atoms with van der Waals surface area (Å²) >= 11 is 11.2. The van der Waals surface area contributed by atoms with Crippen LogP contribution in [0.5, 0.6) is 11.6 Å². The van der Waals surface area contributed by atoms with Crippen molar-refractivity contribution < 1.29 is 9.13 Å². The maximum Gasteiger partial charge on any atom is 0.260 e. The number of aromatic nitrogens is 2. The standard InChI is InChI=1S/C10H5Cl2FN2O/c11-6-1-3-7(4-2-6)16-9-8(13)5-14-10(12)15-9/h1-5H. The summed E-state index contributed by atoms with van der Waals surface area (Å²) in [5.41, 5.74) is 0. The van der Waals surface area contributed by atoms with Crippen LogP contribution >= 0.6 is 23.2 Å². The van der Waals surface area contributed by atoms with E-state index in [1.54, 1.807) is 24.3 Å². The summed E-state index contributed by atoms with van der Waals surface area (Å²) in [7, 11) is 0. The molecule has 1 heterocycles. The maximum absolute atomic E-state index is 13.2. The van der Waals surface area contributed by atoms with Crippen LogP contribution in [0.25, 0.3) is 0 Å². The molecule has 0 aliphatic heterocycles. The molecule has 0 atom stereocenters. The van der Waals surface area contributed by atoms with Gasteiger partial charge in [-0.1, -0.05) is 11.6 Å². The maximum atomic E-state index is 13.2. The molecule has 0 spiro atoms. The summed E-state index contributed by atoms with van der Waals surface area (Å²) in [5.74, 6) is -0.486. The largest absolute Gasteiger partial charge is 0.436 e. The van der Waals surface area contributed by atoms with Gasteiger partial charge in [0.2, 0.25) is 11.1 Å². The molecule has 0 amide bonds. The summed E-state index contributed by atoms with van der Waals surface area (Å²) in [6, 6.07) is 6.44. The van der Waals surface area contributed by atoms with E-state index in [0.717, 1.165) is 6.20 Å². The van der Waals surface area contributed by atoms with E-state index in [-0.39, 0.29) is 11.2 Å². The van der Waals surface area contributed by atoms with Crippen molar-refractivity contribution in [3.8, 4) is 11.6 Å². The Morgan fingerprint density at radius 1 is 1.12 bits per heavy atom. The molecule has 2 rings (SSSR count). The van der Waals surface area contributed by atoms with Crippen LogP contribution in [0, 0.1) is 5.82 Å². The molecule has 16 heavy (non-hydrogen) atoms. The van der Waals surface area contributed by atoms with E-state index in [1.807, 2.05) is 0 Å². The molecule has 0 N–H and O–H groups in total. The molecule has 0 unspecified atom stereocenters. The van der Waals surface area contributed by atoms with Gasteiger partial charge >= 0.3 is 0 Å². The van der Waals surface area contributed by atoms with Gasteiger partial charge in [-0.25, -0.2) is 4.98 Å². The number of rotatable bonds is 2. The molecule has 2 aromatic rings. The molecule has 0 bridgehead atoms. The predicted octanol–water partition coefficient (Wildman–Crippen LogP) is 3.71. The van der Waals surface area contributed by atoms with Crippen LogP contribution in [-0.2, 0) is 0 Å². The monoisotopic (exact) mass is 258 g/mol. The Kier molecular flexibility index (Phi) is 3.22. The molecule has 0 fully saturated rings. The van der Waals surface area contributed by atoms with E-state index in [2.05, 4.69) is 9.97 Å². The van der Waals surface area contributed by atoms with Crippen molar-refractivity contribution in [2.24, 2.45) is 0 Å². The van der Waals surface area contributed by atoms with Crippen LogP contribution in [0.4, 0.5) is 4.39 Å². The van der Waals surface area contributed by atoms with Crippen LogP contribution in [0.2, 0.25) is 10.3 Å². The Balaban J connectivity index is 2.26. The van der Waals surface area contributed by atoms with E-state index in [0.29, 0.717) is 10.8 Å². The molecule has 0 aliphatic rings. The van der Waals surface area contributed by atoms with Crippen LogP contribution in [0.15, 0.2) is 30.5 Å². The SMILES string of the molecule is Fc1cnc(Cl)nc1Oc1ccc(Cl)cc1. The summed E-state index contributed by atoms with van der Waals surface area (Å²) in [4.78, 5) is 7.09. The van der Waals surface area contributed by atoms with E-state index in [9.17, 15) is 4.39 Å². The second-order valence-electron chi connectivity index (χ2n) is 2.85. The second-order valence-corrected chi connectivity index (χ2v) is 3.62. The van der Waals surface area contributed by atoms with Crippen molar-refractivity contribution in [1.82, 2.24) is 9.97 Å². The minimum Gasteiger partial charge on any atom is -0.436 e. The lowest BCUT2D eigenvalue weighted by Gasteiger charge is -2.05. The zero-order valence-corrected chi connectivity index (χ0v) is 9.34. The third kappa shape index (κ3) is 2.59. The highest BCUT2D eigenvalue weighted by Crippen LogP contribution is 2.24. The summed E-state index contributed by atoms with van der Waals surface area (Å²) in [6.45, 7) is 0. The molecular formula is C10H5Cl2FN2O. The summed E-state index contributed by atoms with van der Waals surface area (Å²) in [6.07, 6.45) is 0.945. The lowest BCUT2D eigenvalue weighted by Crippen LogP contribution is -1.94. The van der Waals surface area contributed by atoms with Gasteiger partial charge in [0, 0.05) is 5.02 Å². The quantitative estimate of drug-likeness (QED) is 0.771. The molecular weight excluding hydrogens is 254 g/mol. The summed E-state index contributed by atoms with van der Waals surface area (Å²) < 4.78 is 18.4. The van der Waals surface area contributed by atoms with Gasteiger partial charge in [-0.15, -0.1) is 0 Å². The summed E-state index contributed by atoms with van der Waals surface area (Å²) in [5, 5.41) is 0.485. The Morgan fingerprint density at radius 2 is 1.81 bits per heavy atom. The molecule has 0 radical (unpaired) electrons. The third-order valence-corrected chi connectivity index (χ3v) is 2.14. The third-order valence-electron chi connectivity index (χ3n) is 1.71. The first kappa shape index (κ1) is 11.1. The normalized spacial score (nSPS) is 10.2. The zero-order chi connectivity index (χ0) is 11.5. The predicted molar refractivity (Wildman–Crippen MR) is 58.5 cm³/mol. The average molecular weight is 259 g/mol. The minimum absolute atomic E-state index is 0.0784. The fraction of sp³-hybridized carbons (Fsp3) is 0. The first-order valence-electron chi connectivity index (χ1n) is 4.26. The fourth-order valence-electron chi connectivity index (χ4n) is 1.02. The average Bonchev–Trinajstić information content (AvgIpc) is 2.27. The molecule has 82 valence electrons. The van der Waals surface area contributed by atoms with Crippen molar-refractivity contribution in [3.63, 3.8) is 0 Å². The lowest BCUT2D eigenvalue weighted by molar-refractivity contribution is 0.420. The Morgan fingerprint density at radius 3 is 2.50 bits per heavy atom. The Bertz CT molecular complexity index is 505. The number of hydrogen-bond acceptors (Lipinski definition) is 3. The number of nitrogens with zero attached hydrogens (tertiary/aromatic N) is 2. The lowest BCUT2D eigenvalue weighted by atomic mass is 10.3. The zero-order valence-electron chi connectivity index (χ0n) is 7.82. The number of benzene rings is 1. The highest BCUT2D eigenvalue weighted by Gasteiger charge is 2.08. The van der Waals surface area contributed by atoms with Crippen LogP contribution in [0.1, 0.15) is 0 Å². The smallest absolute Gasteiger partial charge is 0.260 e. The molecule has 0 saturated carbocycles. The van der Waals surface area contributed by atoms with Gasteiger partial charge in [-0.3, -0.25) is 0 Å². The van der Waals surface area contributed by atoms with Crippen molar-refractivity contribution in [2.75, 3.05) is 0 Å². The van der Waals surface area contributed by atoms with Gasteiger partial charge in [-0.05, 0) is 35.9 Å². The Hall–Kier alpha value is -1.39. The van der Waals surface area contributed by atoms with Crippen LogP contribution in [-0.4, -0.2) is 9.97 Å². The van der Waals surface area contributed by atoms with Crippen molar-refractivity contribution in [1.29, 1.82) is 0 Å². The Labute approximate surface area is 101 Å². The van der Waals surface area contributed by atoms with Gasteiger partial charge in [0.15, 0.2) is 0 Å². The number of halogens is 3. The number of hydrogen-bond donors (Lipinski definition) is 0. The van der Waals surface area contributed by atoms with E-state index in [1.165, 1.54) is 0 Å². The highest BCUT2D eigenvalue weighted by atomic mass is 35.5. The van der Waals surface area contributed by atoms with Gasteiger partial charge in [0.25, 0.3) is 5.88 Å². The van der Waals surface area contributed by atoms with Gasteiger partial charge in [0.05, 0.1) is 6.20 Å². The van der Waals surface area contributed by atoms with Crippen molar-refractivity contribution in [3.05, 3.63) is 46.6 Å². The highest BCUT2D eigenvalue weighted by molar-refractivity contribution is 6.30. The topological polar surface area (TPSA) is 35.0 Å². The molecule has 3 nitrogen and oxygen atoms in total. The fourth-order valence-corrected chi connectivity index (χ4v) is 1.27.